The smallest absolute Gasteiger partial charge is 0.150 e. The molecule has 0 aliphatic carbocycles. The highest BCUT2D eigenvalue weighted by Crippen LogP contribution is 2.39. The Hall–Kier alpha value is 0.397. The molecule has 20 heavy (non-hydrogen) atoms. The van der Waals surface area contributed by atoms with E-state index in [4.69, 9.17) is 69.1 Å². The molecule has 0 aliphatic heterocycles. The highest BCUT2D eigenvalue weighted by molar-refractivity contribution is 7.42. The lowest BCUT2D eigenvalue weighted by Gasteiger charge is -2.32. The van der Waals surface area contributed by atoms with Gasteiger partial charge in [0.25, 0.3) is 7.38 Å². The Morgan fingerprint density at radius 1 is 0.650 bits per heavy atom. The predicted octanol–water partition coefficient (Wildman–Crippen LogP) is 5.20. The molecule has 0 amide bonds. The first-order chi connectivity index (χ1) is 9.25. The molecule has 0 saturated carbocycles. The van der Waals surface area contributed by atoms with Crippen molar-refractivity contribution in [1.82, 2.24) is 0 Å². The summed E-state index contributed by atoms with van der Waals surface area (Å²) >= 11 is 37.2. The topological polar surface area (TPSA) is 0 Å². The van der Waals surface area contributed by atoms with Gasteiger partial charge in [-0.25, -0.2) is 0 Å². The highest BCUT2D eigenvalue weighted by Gasteiger charge is 2.53. The Kier molecular flexibility index (Phi) is 5.24. The van der Waals surface area contributed by atoms with Gasteiger partial charge in [0, 0.05) is 10.0 Å². The lowest BCUT2D eigenvalue weighted by molar-refractivity contribution is 1.59. The molecule has 0 unspecified atom stereocenters. The van der Waals surface area contributed by atoms with Crippen molar-refractivity contribution < 1.29 is 0 Å². The zero-order valence-corrected chi connectivity index (χ0v) is 15.4. The molecule has 0 fully saturated rings. The van der Waals surface area contributed by atoms with Gasteiger partial charge in [0.05, 0.1) is 0 Å². The Morgan fingerprint density at radius 3 is 1.20 bits per heavy atom. The minimum absolute atomic E-state index is 0.599. The lowest BCUT2D eigenvalue weighted by Crippen LogP contribution is -2.63. The Labute approximate surface area is 148 Å². The number of rotatable bonds is 2. The van der Waals surface area contributed by atoms with E-state index >= 15 is 0 Å². The van der Waals surface area contributed by atoms with E-state index in [1.807, 2.05) is 0 Å². The molecule has 0 aliphatic rings. The molecular weight excluding hydrogens is 397 g/mol. The Bertz CT molecular complexity index is 542. The van der Waals surface area contributed by atoms with E-state index in [9.17, 15) is 0 Å². The number of hydrogen-bond acceptors (Lipinski definition) is 0. The van der Waals surface area contributed by atoms with Crippen molar-refractivity contribution in [2.75, 3.05) is 0 Å². The summed E-state index contributed by atoms with van der Waals surface area (Å²) in [6.45, 7) is 0. The van der Waals surface area contributed by atoms with Crippen molar-refractivity contribution in [2.45, 2.75) is 3.42 Å². The third-order valence-corrected chi connectivity index (χ3v) is 12.0. The van der Waals surface area contributed by atoms with Crippen LogP contribution in [-0.4, -0.2) is 10.8 Å². The van der Waals surface area contributed by atoms with Gasteiger partial charge in [0.2, 0.25) is 3.42 Å². The maximum Gasteiger partial charge on any atom is 0.273 e. The van der Waals surface area contributed by atoms with Crippen molar-refractivity contribution in [3.05, 3.63) is 58.6 Å². The minimum atomic E-state index is -3.10. The van der Waals surface area contributed by atoms with Gasteiger partial charge in [0.1, 0.15) is 0 Å². The molecule has 0 nitrogen and oxygen atoms in total. The van der Waals surface area contributed by atoms with Crippen LogP contribution in [0.3, 0.4) is 0 Å². The quantitative estimate of drug-likeness (QED) is 0.366. The summed E-state index contributed by atoms with van der Waals surface area (Å²) in [7, 11) is -3.10. The van der Waals surface area contributed by atoms with Crippen molar-refractivity contribution in [1.29, 1.82) is 0 Å². The van der Waals surface area contributed by atoms with Crippen LogP contribution in [-0.2, 0) is 0 Å². The molecule has 0 atom stereocenters. The zero-order valence-electron chi connectivity index (χ0n) is 9.89. The van der Waals surface area contributed by atoms with Gasteiger partial charge in [-0.05, 0) is 34.6 Å². The molecule has 0 radical (unpaired) electrons. The van der Waals surface area contributed by atoms with Gasteiger partial charge < -0.3 is 0 Å². The van der Waals surface area contributed by atoms with E-state index in [1.54, 1.807) is 48.5 Å². The van der Waals surface area contributed by atoms with Gasteiger partial charge >= 0.3 is 0 Å². The van der Waals surface area contributed by atoms with Crippen LogP contribution in [0.15, 0.2) is 48.5 Å². The van der Waals surface area contributed by atoms with Crippen molar-refractivity contribution in [3.63, 3.8) is 0 Å². The summed E-state index contributed by atoms with van der Waals surface area (Å²) in [5, 5.41) is 2.74. The summed E-state index contributed by atoms with van der Waals surface area (Å²) in [5.74, 6) is 0. The second-order valence-electron chi connectivity index (χ2n) is 4.17. The third-order valence-electron chi connectivity index (χ3n) is 2.87. The summed E-state index contributed by atoms with van der Waals surface area (Å²) in [4.78, 5) is 0. The first-order valence-electron chi connectivity index (χ1n) is 5.53. The van der Waals surface area contributed by atoms with Gasteiger partial charge in [-0.2, -0.15) is 0 Å². The first kappa shape index (κ1) is 16.8. The molecule has 0 saturated heterocycles. The fourth-order valence-electron chi connectivity index (χ4n) is 1.85. The van der Waals surface area contributed by atoms with E-state index < -0.39 is 10.8 Å². The van der Waals surface area contributed by atoms with Gasteiger partial charge in [0.15, 0.2) is 0 Å². The zero-order chi connectivity index (χ0) is 15.0. The molecule has 0 bridgehead atoms. The number of alkyl halides is 3. The monoisotopic (exact) mass is 402 g/mol. The third kappa shape index (κ3) is 3.25. The standard InChI is InChI=1S/C13H8Cl6Si/c14-9-1-5-11(6-2-9)20(19,13(16,17)18)12-7-3-10(15)4-8-12/h1-8H. The molecule has 2 aromatic rings. The Balaban J connectivity index is 2.62. The summed E-state index contributed by atoms with van der Waals surface area (Å²) in [5.41, 5.74) is 0. The van der Waals surface area contributed by atoms with Crippen LogP contribution in [0.2, 0.25) is 10.0 Å². The SMILES string of the molecule is Clc1ccc([Si](Cl)(c2ccc(Cl)cc2)C(Cl)(Cl)Cl)cc1. The van der Waals surface area contributed by atoms with Gasteiger partial charge in [-0.3, -0.25) is 0 Å². The van der Waals surface area contributed by atoms with Crippen molar-refractivity contribution in [3.8, 4) is 0 Å². The minimum Gasteiger partial charge on any atom is -0.150 e. The molecule has 0 heterocycles. The maximum atomic E-state index is 6.83. The average molecular weight is 405 g/mol. The van der Waals surface area contributed by atoms with E-state index in [1.165, 1.54) is 0 Å². The predicted molar refractivity (Wildman–Crippen MR) is 94.1 cm³/mol. The van der Waals surface area contributed by atoms with E-state index in [0.717, 1.165) is 10.4 Å². The van der Waals surface area contributed by atoms with Crippen LogP contribution >= 0.6 is 69.1 Å². The molecule has 0 N–H and O–H groups in total. The van der Waals surface area contributed by atoms with Crippen LogP contribution < -0.4 is 10.4 Å². The van der Waals surface area contributed by atoms with Crippen molar-refractivity contribution >= 4 is 86.8 Å². The lowest BCUT2D eigenvalue weighted by atomic mass is 10.4. The second-order valence-corrected chi connectivity index (χ2v) is 13.2. The molecule has 0 spiro atoms. The summed E-state index contributed by atoms with van der Waals surface area (Å²) in [6.07, 6.45) is 0. The van der Waals surface area contributed by atoms with Crippen LogP contribution in [0.25, 0.3) is 0 Å². The number of benzene rings is 2. The molecule has 0 aromatic heterocycles. The van der Waals surface area contributed by atoms with Crippen LogP contribution in [0.5, 0.6) is 0 Å². The fraction of sp³-hybridized carbons (Fsp3) is 0.0769. The van der Waals surface area contributed by atoms with Crippen LogP contribution in [0.1, 0.15) is 0 Å². The summed E-state index contributed by atoms with van der Waals surface area (Å²) in [6, 6.07) is 14.1. The average Bonchev–Trinajstić information content (AvgIpc) is 2.38. The van der Waals surface area contributed by atoms with Gasteiger partial charge in [-0.15, -0.1) is 11.1 Å². The number of hydrogen-bond donors (Lipinski definition) is 0. The molecular formula is C13H8Cl6Si. The molecule has 2 rings (SSSR count). The summed E-state index contributed by atoms with van der Waals surface area (Å²) < 4.78 is -1.61. The van der Waals surface area contributed by atoms with Crippen molar-refractivity contribution in [2.24, 2.45) is 0 Å². The molecule has 106 valence electrons. The van der Waals surface area contributed by atoms with Gasteiger partial charge in [-0.1, -0.05) is 82.3 Å². The fourth-order valence-corrected chi connectivity index (χ4v) is 7.06. The Morgan fingerprint density at radius 2 is 0.950 bits per heavy atom. The largest absolute Gasteiger partial charge is 0.273 e. The van der Waals surface area contributed by atoms with E-state index in [0.29, 0.717) is 10.0 Å². The van der Waals surface area contributed by atoms with E-state index in [-0.39, 0.29) is 0 Å². The van der Waals surface area contributed by atoms with Crippen LogP contribution in [0.4, 0.5) is 0 Å². The van der Waals surface area contributed by atoms with E-state index in [2.05, 4.69) is 0 Å². The second kappa shape index (κ2) is 6.25. The maximum absolute atomic E-state index is 6.83. The molecule has 7 heteroatoms. The van der Waals surface area contributed by atoms with Crippen LogP contribution in [0, 0.1) is 0 Å². The first-order valence-corrected chi connectivity index (χ1v) is 10.4. The molecule has 2 aromatic carbocycles. The highest BCUT2D eigenvalue weighted by atomic mass is 35.6. The number of halogens is 6. The normalized spacial score (nSPS) is 12.5.